The van der Waals surface area contributed by atoms with Gasteiger partial charge in [0.2, 0.25) is 5.91 Å². The third kappa shape index (κ3) is 5.91. The van der Waals surface area contributed by atoms with Crippen LogP contribution in [0.5, 0.6) is 5.75 Å². The van der Waals surface area contributed by atoms with Gasteiger partial charge >= 0.3 is 0 Å². The predicted octanol–water partition coefficient (Wildman–Crippen LogP) is 6.73. The predicted molar refractivity (Wildman–Crippen MR) is 141 cm³/mol. The molecule has 5 rings (SSSR count). The molecule has 1 amide bonds. The van der Waals surface area contributed by atoms with E-state index in [1.165, 1.54) is 23.5 Å². The second-order valence-electron chi connectivity index (χ2n) is 10.7. The van der Waals surface area contributed by atoms with Crippen LogP contribution in [0.4, 0.5) is 8.78 Å². The van der Waals surface area contributed by atoms with Crippen molar-refractivity contribution in [1.29, 1.82) is 0 Å². The Labute approximate surface area is 224 Å². The molecule has 1 aliphatic carbocycles. The van der Waals surface area contributed by atoms with Gasteiger partial charge in [-0.1, -0.05) is 23.7 Å². The summed E-state index contributed by atoms with van der Waals surface area (Å²) in [7, 11) is 0. The number of ether oxygens (including phenoxy) is 1. The summed E-state index contributed by atoms with van der Waals surface area (Å²) in [6, 6.07) is 10.2. The van der Waals surface area contributed by atoms with Crippen LogP contribution >= 0.6 is 22.9 Å². The van der Waals surface area contributed by atoms with Crippen molar-refractivity contribution in [3.8, 4) is 5.75 Å². The van der Waals surface area contributed by atoms with E-state index in [4.69, 9.17) is 16.3 Å². The number of hydrogen-bond donors (Lipinski definition) is 1. The fraction of sp³-hybridized carbons (Fsp3) is 0.500. The lowest BCUT2D eigenvalue weighted by Gasteiger charge is -2.37. The molecular formula is C28H31ClF2N2O3S. The zero-order valence-electron chi connectivity index (χ0n) is 21.0. The van der Waals surface area contributed by atoms with Crippen molar-refractivity contribution in [1.82, 2.24) is 9.88 Å². The van der Waals surface area contributed by atoms with E-state index in [0.29, 0.717) is 27.7 Å². The summed E-state index contributed by atoms with van der Waals surface area (Å²) in [6.45, 7) is 3.71. The first-order chi connectivity index (χ1) is 17.5. The van der Waals surface area contributed by atoms with Gasteiger partial charge in [-0.25, -0.2) is 13.8 Å². The average Bonchev–Trinajstić information content (AvgIpc) is 3.41. The van der Waals surface area contributed by atoms with Gasteiger partial charge in [-0.2, -0.15) is 0 Å². The van der Waals surface area contributed by atoms with Crippen molar-refractivity contribution in [2.75, 3.05) is 6.54 Å². The molecule has 1 N–H and O–H groups in total. The summed E-state index contributed by atoms with van der Waals surface area (Å²) in [5.74, 6) is -2.23. The van der Waals surface area contributed by atoms with E-state index in [1.54, 1.807) is 12.1 Å². The molecule has 2 aliphatic rings. The minimum absolute atomic E-state index is 0.0594. The molecule has 1 saturated carbocycles. The van der Waals surface area contributed by atoms with Crippen molar-refractivity contribution in [2.24, 2.45) is 5.92 Å². The van der Waals surface area contributed by atoms with Crippen molar-refractivity contribution in [3.05, 3.63) is 57.6 Å². The molecule has 2 fully saturated rings. The maximum Gasteiger partial charge on any atom is 0.270 e. The second-order valence-corrected chi connectivity index (χ2v) is 12.2. The standard InChI is InChI=1S/C28H31ClF2N2O3S/c1-27(35)10-7-20(8-11-27)33-12-9-18(26(33)34)13-17-3-5-21(15-22(17)29)36-16-25-32-23-14-19(28(2,30)31)4-6-24(23)37-25/h3-6,14-15,18,20,35H,7-13,16H2,1-2H3. The average molecular weight is 549 g/mol. The molecule has 1 aromatic heterocycles. The van der Waals surface area contributed by atoms with E-state index in [1.807, 2.05) is 24.0 Å². The van der Waals surface area contributed by atoms with Crippen LogP contribution in [0, 0.1) is 5.92 Å². The number of fused-ring (bicyclic) bond motifs is 1. The lowest BCUT2D eigenvalue weighted by molar-refractivity contribution is -0.134. The monoisotopic (exact) mass is 548 g/mol. The van der Waals surface area contributed by atoms with Gasteiger partial charge in [-0.15, -0.1) is 11.3 Å². The topological polar surface area (TPSA) is 62.7 Å². The highest BCUT2D eigenvalue weighted by Gasteiger charge is 2.39. The Balaban J connectivity index is 1.18. The Kier molecular flexibility index (Phi) is 7.20. The molecule has 37 heavy (non-hydrogen) atoms. The molecule has 1 unspecified atom stereocenters. The Bertz CT molecular complexity index is 1300. The molecule has 2 aromatic carbocycles. The molecular weight excluding hydrogens is 518 g/mol. The summed E-state index contributed by atoms with van der Waals surface area (Å²) < 4.78 is 33.9. The first-order valence-corrected chi connectivity index (χ1v) is 13.9. The minimum Gasteiger partial charge on any atom is -0.486 e. The molecule has 9 heteroatoms. The number of aliphatic hydroxyl groups is 1. The molecule has 1 atom stereocenters. The van der Waals surface area contributed by atoms with Gasteiger partial charge in [0.05, 0.1) is 15.8 Å². The van der Waals surface area contributed by atoms with E-state index in [-0.39, 0.29) is 30.0 Å². The van der Waals surface area contributed by atoms with Gasteiger partial charge in [0.25, 0.3) is 5.92 Å². The Morgan fingerprint density at radius 3 is 2.68 bits per heavy atom. The van der Waals surface area contributed by atoms with E-state index >= 15 is 0 Å². The van der Waals surface area contributed by atoms with Gasteiger partial charge < -0.3 is 14.7 Å². The highest BCUT2D eigenvalue weighted by atomic mass is 35.5. The first kappa shape index (κ1) is 26.3. The fourth-order valence-electron chi connectivity index (χ4n) is 5.35. The summed E-state index contributed by atoms with van der Waals surface area (Å²) in [5.41, 5.74) is 0.772. The van der Waals surface area contributed by atoms with Gasteiger partial charge in [0.15, 0.2) is 0 Å². The number of halogens is 3. The highest BCUT2D eigenvalue weighted by molar-refractivity contribution is 7.18. The SMILES string of the molecule is CC1(O)CCC(N2CCC(Cc3ccc(OCc4nc5cc(C(C)(F)F)ccc5s4)cc3Cl)C2=O)CC1. The maximum atomic E-state index is 13.6. The van der Waals surface area contributed by atoms with Gasteiger partial charge in [0, 0.05) is 36.0 Å². The quantitative estimate of drug-likeness (QED) is 0.356. The van der Waals surface area contributed by atoms with Crippen LogP contribution in [0.15, 0.2) is 36.4 Å². The number of aromatic nitrogens is 1. The van der Waals surface area contributed by atoms with Crippen LogP contribution in [-0.2, 0) is 23.7 Å². The number of likely N-dealkylation sites (tertiary alicyclic amines) is 1. The third-order valence-electron chi connectivity index (χ3n) is 7.62. The number of hydrogen-bond acceptors (Lipinski definition) is 5. The van der Waals surface area contributed by atoms with Gasteiger partial charge in [-0.3, -0.25) is 4.79 Å². The van der Waals surface area contributed by atoms with Gasteiger partial charge in [-0.05, 0) is 75.3 Å². The number of alkyl halides is 2. The number of carbonyl (C=O) groups is 1. The Morgan fingerprint density at radius 1 is 1.22 bits per heavy atom. The summed E-state index contributed by atoms with van der Waals surface area (Å²) in [4.78, 5) is 19.6. The van der Waals surface area contributed by atoms with Crippen LogP contribution in [0.2, 0.25) is 5.02 Å². The van der Waals surface area contributed by atoms with Crippen molar-refractivity contribution < 1.29 is 23.4 Å². The Hall–Kier alpha value is -2.29. The molecule has 0 bridgehead atoms. The van der Waals surface area contributed by atoms with Crippen molar-refractivity contribution in [3.63, 3.8) is 0 Å². The Morgan fingerprint density at radius 2 is 1.97 bits per heavy atom. The molecule has 0 spiro atoms. The van der Waals surface area contributed by atoms with Crippen LogP contribution < -0.4 is 4.74 Å². The molecule has 2 heterocycles. The van der Waals surface area contributed by atoms with E-state index < -0.39 is 11.5 Å². The lowest BCUT2D eigenvalue weighted by Crippen LogP contribution is -2.43. The maximum absolute atomic E-state index is 13.6. The zero-order chi connectivity index (χ0) is 26.4. The van der Waals surface area contributed by atoms with Crippen LogP contribution in [0.25, 0.3) is 10.2 Å². The van der Waals surface area contributed by atoms with Gasteiger partial charge in [0.1, 0.15) is 17.4 Å². The molecule has 3 aromatic rings. The minimum atomic E-state index is -2.91. The number of thiazole rings is 1. The number of carbonyl (C=O) groups excluding carboxylic acids is 1. The van der Waals surface area contributed by atoms with E-state index in [0.717, 1.165) is 55.8 Å². The molecule has 198 valence electrons. The van der Waals surface area contributed by atoms with Crippen LogP contribution in [0.3, 0.4) is 0 Å². The third-order valence-corrected chi connectivity index (χ3v) is 8.98. The zero-order valence-corrected chi connectivity index (χ0v) is 22.5. The van der Waals surface area contributed by atoms with Crippen LogP contribution in [0.1, 0.15) is 62.1 Å². The number of amides is 1. The summed E-state index contributed by atoms with van der Waals surface area (Å²) >= 11 is 7.97. The number of rotatable bonds is 7. The molecule has 0 radical (unpaired) electrons. The number of benzene rings is 2. The van der Waals surface area contributed by atoms with Crippen LogP contribution in [-0.4, -0.2) is 39.1 Å². The summed E-state index contributed by atoms with van der Waals surface area (Å²) in [5, 5.41) is 11.5. The molecule has 5 nitrogen and oxygen atoms in total. The summed E-state index contributed by atoms with van der Waals surface area (Å²) in [6.07, 6.45) is 4.54. The van der Waals surface area contributed by atoms with E-state index in [2.05, 4.69) is 4.98 Å². The van der Waals surface area contributed by atoms with E-state index in [9.17, 15) is 18.7 Å². The number of nitrogens with zero attached hydrogens (tertiary/aromatic N) is 2. The lowest BCUT2D eigenvalue weighted by atomic mass is 9.83. The second kappa shape index (κ2) is 10.1. The fourth-order valence-corrected chi connectivity index (χ4v) is 6.46. The smallest absolute Gasteiger partial charge is 0.270 e. The molecule has 1 aliphatic heterocycles. The largest absolute Gasteiger partial charge is 0.486 e. The highest BCUT2D eigenvalue weighted by Crippen LogP contribution is 2.36. The van der Waals surface area contributed by atoms with Crippen molar-refractivity contribution in [2.45, 2.75) is 76.5 Å². The normalized spacial score (nSPS) is 24.7. The molecule has 1 saturated heterocycles. The van der Waals surface area contributed by atoms with Crippen molar-refractivity contribution >= 4 is 39.1 Å². The first-order valence-electron chi connectivity index (χ1n) is 12.7.